The molecule has 0 heterocycles. The van der Waals surface area contributed by atoms with Gasteiger partial charge in [0.2, 0.25) is 0 Å². The Morgan fingerprint density at radius 1 is 1.00 bits per heavy atom. The van der Waals surface area contributed by atoms with Gasteiger partial charge in [-0.1, -0.05) is 42.5 Å². The molecule has 0 bridgehead atoms. The third-order valence-electron chi connectivity index (χ3n) is 2.62. The van der Waals surface area contributed by atoms with Gasteiger partial charge < -0.3 is 0 Å². The summed E-state index contributed by atoms with van der Waals surface area (Å²) in [4.78, 5) is 10.5. The first-order valence-corrected chi connectivity index (χ1v) is 5.25. The Bertz CT molecular complexity index is 562. The fourth-order valence-electron chi connectivity index (χ4n) is 1.68. The monoisotopic (exact) mass is 250 g/mol. The molecule has 2 aromatic rings. The number of halogens is 3. The van der Waals surface area contributed by atoms with Crippen LogP contribution in [0.1, 0.15) is 22.3 Å². The van der Waals surface area contributed by atoms with Crippen molar-refractivity contribution in [3.8, 4) is 11.1 Å². The highest BCUT2D eigenvalue weighted by molar-refractivity contribution is 5.77. The van der Waals surface area contributed by atoms with E-state index in [0.717, 1.165) is 6.07 Å². The Hall–Kier alpha value is -2.10. The molecule has 0 saturated carbocycles. The SMILES string of the molecule is O=Cc1ccc(-c2cccc(C(F)F)c2F)cc1. The number of alkyl halides is 2. The first-order chi connectivity index (χ1) is 8.63. The zero-order chi connectivity index (χ0) is 13.1. The zero-order valence-corrected chi connectivity index (χ0v) is 9.24. The van der Waals surface area contributed by atoms with Crippen LogP contribution in [0.3, 0.4) is 0 Å². The molecule has 0 aliphatic carbocycles. The lowest BCUT2D eigenvalue weighted by Crippen LogP contribution is -1.94. The highest BCUT2D eigenvalue weighted by Gasteiger charge is 2.16. The van der Waals surface area contributed by atoms with E-state index in [2.05, 4.69) is 0 Å². The third-order valence-corrected chi connectivity index (χ3v) is 2.62. The molecule has 0 radical (unpaired) electrons. The Labute approximate surface area is 102 Å². The average Bonchev–Trinajstić information content (AvgIpc) is 2.39. The fraction of sp³-hybridized carbons (Fsp3) is 0.0714. The maximum absolute atomic E-state index is 13.8. The average molecular weight is 250 g/mol. The number of hydrogen-bond donors (Lipinski definition) is 0. The van der Waals surface area contributed by atoms with Gasteiger partial charge in [-0.15, -0.1) is 0 Å². The molecule has 0 aliphatic heterocycles. The van der Waals surface area contributed by atoms with Crippen molar-refractivity contribution >= 4 is 6.29 Å². The number of benzene rings is 2. The quantitative estimate of drug-likeness (QED) is 0.744. The van der Waals surface area contributed by atoms with Crippen molar-refractivity contribution in [1.29, 1.82) is 0 Å². The van der Waals surface area contributed by atoms with Crippen molar-refractivity contribution in [1.82, 2.24) is 0 Å². The molecule has 0 aliphatic rings. The lowest BCUT2D eigenvalue weighted by atomic mass is 10.0. The minimum absolute atomic E-state index is 0.102. The van der Waals surface area contributed by atoms with Crippen LogP contribution in [0.2, 0.25) is 0 Å². The Balaban J connectivity index is 2.49. The van der Waals surface area contributed by atoms with E-state index in [1.807, 2.05) is 0 Å². The summed E-state index contributed by atoms with van der Waals surface area (Å²) in [6, 6.07) is 9.94. The van der Waals surface area contributed by atoms with Crippen LogP contribution in [0, 0.1) is 5.82 Å². The summed E-state index contributed by atoms with van der Waals surface area (Å²) in [5, 5.41) is 0. The van der Waals surface area contributed by atoms with Gasteiger partial charge in [0.1, 0.15) is 12.1 Å². The molecular formula is C14H9F3O. The van der Waals surface area contributed by atoms with E-state index in [9.17, 15) is 18.0 Å². The fourth-order valence-corrected chi connectivity index (χ4v) is 1.68. The smallest absolute Gasteiger partial charge is 0.266 e. The van der Waals surface area contributed by atoms with Gasteiger partial charge in [0.25, 0.3) is 6.43 Å². The van der Waals surface area contributed by atoms with Gasteiger partial charge in [0.15, 0.2) is 0 Å². The molecular weight excluding hydrogens is 241 g/mol. The molecule has 1 nitrogen and oxygen atoms in total. The van der Waals surface area contributed by atoms with Gasteiger partial charge in [0, 0.05) is 11.1 Å². The molecule has 18 heavy (non-hydrogen) atoms. The molecule has 4 heteroatoms. The Kier molecular flexibility index (Phi) is 3.46. The molecule has 0 spiro atoms. The maximum Gasteiger partial charge on any atom is 0.266 e. The molecule has 0 atom stereocenters. The first kappa shape index (κ1) is 12.4. The lowest BCUT2D eigenvalue weighted by molar-refractivity contribution is 0.112. The highest BCUT2D eigenvalue weighted by atomic mass is 19.3. The van der Waals surface area contributed by atoms with Crippen molar-refractivity contribution in [3.63, 3.8) is 0 Å². The van der Waals surface area contributed by atoms with Crippen LogP contribution in [0.15, 0.2) is 42.5 Å². The van der Waals surface area contributed by atoms with E-state index in [1.165, 1.54) is 36.4 Å². The second-order valence-electron chi connectivity index (χ2n) is 3.75. The topological polar surface area (TPSA) is 17.1 Å². The van der Waals surface area contributed by atoms with Gasteiger partial charge in [-0.3, -0.25) is 4.79 Å². The van der Waals surface area contributed by atoms with Crippen molar-refractivity contribution in [2.45, 2.75) is 6.43 Å². The van der Waals surface area contributed by atoms with Gasteiger partial charge in [-0.25, -0.2) is 13.2 Å². The normalized spacial score (nSPS) is 10.7. The van der Waals surface area contributed by atoms with Crippen LogP contribution < -0.4 is 0 Å². The van der Waals surface area contributed by atoms with E-state index in [-0.39, 0.29) is 5.56 Å². The van der Waals surface area contributed by atoms with Crippen molar-refractivity contribution in [2.75, 3.05) is 0 Å². The molecule has 0 aromatic heterocycles. The van der Waals surface area contributed by atoms with Gasteiger partial charge in [-0.05, 0) is 5.56 Å². The second-order valence-corrected chi connectivity index (χ2v) is 3.75. The van der Waals surface area contributed by atoms with E-state index in [1.54, 1.807) is 0 Å². The van der Waals surface area contributed by atoms with Crippen LogP contribution in [-0.2, 0) is 0 Å². The Morgan fingerprint density at radius 2 is 1.67 bits per heavy atom. The summed E-state index contributed by atoms with van der Waals surface area (Å²) < 4.78 is 39.0. The van der Waals surface area contributed by atoms with E-state index in [0.29, 0.717) is 17.4 Å². The number of carbonyl (C=O) groups is 1. The molecule has 0 N–H and O–H groups in total. The minimum Gasteiger partial charge on any atom is -0.298 e. The molecule has 0 amide bonds. The second kappa shape index (κ2) is 5.04. The molecule has 92 valence electrons. The third kappa shape index (κ3) is 2.27. The van der Waals surface area contributed by atoms with Crippen LogP contribution in [0.5, 0.6) is 0 Å². The highest BCUT2D eigenvalue weighted by Crippen LogP contribution is 2.30. The standard InChI is InChI=1S/C14H9F3O/c15-13-11(2-1-3-12(13)14(16)17)10-6-4-9(8-18)5-7-10/h1-8,14H. The summed E-state index contributed by atoms with van der Waals surface area (Å²) in [7, 11) is 0. The van der Waals surface area contributed by atoms with Crippen LogP contribution in [0.25, 0.3) is 11.1 Å². The molecule has 0 saturated heterocycles. The maximum atomic E-state index is 13.8. The number of aldehydes is 1. The molecule has 0 fully saturated rings. The molecule has 0 unspecified atom stereocenters. The van der Waals surface area contributed by atoms with Crippen LogP contribution in [0.4, 0.5) is 13.2 Å². The van der Waals surface area contributed by atoms with Gasteiger partial charge >= 0.3 is 0 Å². The largest absolute Gasteiger partial charge is 0.298 e. The van der Waals surface area contributed by atoms with Gasteiger partial charge in [0.05, 0.1) is 5.56 Å². The van der Waals surface area contributed by atoms with Gasteiger partial charge in [-0.2, -0.15) is 0 Å². The van der Waals surface area contributed by atoms with Crippen molar-refractivity contribution < 1.29 is 18.0 Å². The molecule has 2 aromatic carbocycles. The summed E-state index contributed by atoms with van der Waals surface area (Å²) in [6.07, 6.45) is -2.19. The van der Waals surface area contributed by atoms with E-state index >= 15 is 0 Å². The molecule has 2 rings (SSSR count). The van der Waals surface area contributed by atoms with Crippen molar-refractivity contribution in [3.05, 3.63) is 59.4 Å². The summed E-state index contributed by atoms with van der Waals surface area (Å²) in [6.45, 7) is 0. The number of rotatable bonds is 3. The number of hydrogen-bond acceptors (Lipinski definition) is 1. The van der Waals surface area contributed by atoms with E-state index < -0.39 is 17.8 Å². The Morgan fingerprint density at radius 3 is 2.22 bits per heavy atom. The number of carbonyl (C=O) groups excluding carboxylic acids is 1. The van der Waals surface area contributed by atoms with Crippen LogP contribution >= 0.6 is 0 Å². The van der Waals surface area contributed by atoms with Crippen LogP contribution in [-0.4, -0.2) is 6.29 Å². The lowest BCUT2D eigenvalue weighted by Gasteiger charge is -2.08. The zero-order valence-electron chi connectivity index (χ0n) is 9.24. The predicted octanol–water partition coefficient (Wildman–Crippen LogP) is 4.24. The summed E-state index contributed by atoms with van der Waals surface area (Å²) >= 11 is 0. The summed E-state index contributed by atoms with van der Waals surface area (Å²) in [5.41, 5.74) is 0.391. The predicted molar refractivity (Wildman–Crippen MR) is 62.2 cm³/mol. The minimum atomic E-state index is -2.85. The summed E-state index contributed by atoms with van der Waals surface area (Å²) in [5.74, 6) is -0.925. The van der Waals surface area contributed by atoms with Crippen molar-refractivity contribution in [2.24, 2.45) is 0 Å². The first-order valence-electron chi connectivity index (χ1n) is 5.25. The van der Waals surface area contributed by atoms with E-state index in [4.69, 9.17) is 0 Å².